The lowest BCUT2D eigenvalue weighted by Crippen LogP contribution is -2.32. The van der Waals surface area contributed by atoms with Crippen molar-refractivity contribution in [2.24, 2.45) is 0 Å². The van der Waals surface area contributed by atoms with Gasteiger partial charge in [0, 0.05) is 0 Å². The molecule has 0 spiro atoms. The summed E-state index contributed by atoms with van der Waals surface area (Å²) in [5, 5.41) is 19.8. The summed E-state index contributed by atoms with van der Waals surface area (Å²) in [5.74, 6) is 0.176. The monoisotopic (exact) mass is 285 g/mol. The normalized spacial score (nSPS) is 31.1. The lowest BCUT2D eigenvalue weighted by atomic mass is 10.1. The van der Waals surface area contributed by atoms with Gasteiger partial charge in [-0.05, 0) is 0 Å². The molecular formula is C10H12ClN5O3. The van der Waals surface area contributed by atoms with Gasteiger partial charge in [-0.1, -0.05) is 0 Å². The van der Waals surface area contributed by atoms with Crippen molar-refractivity contribution in [3.05, 3.63) is 12.5 Å². The van der Waals surface area contributed by atoms with Gasteiger partial charge in [0.15, 0.2) is 11.9 Å². The highest BCUT2D eigenvalue weighted by Crippen LogP contribution is 2.31. The number of aliphatic hydroxyl groups is 2. The van der Waals surface area contributed by atoms with Crippen molar-refractivity contribution < 1.29 is 14.9 Å². The number of ether oxygens (including phenoxy) is 1. The van der Waals surface area contributed by atoms with Crippen molar-refractivity contribution in [2.45, 2.75) is 24.5 Å². The maximum Gasteiger partial charge on any atom is 0.222 e. The molecule has 1 aliphatic heterocycles. The fourth-order valence-corrected chi connectivity index (χ4v) is 2.37. The molecule has 0 unspecified atom stereocenters. The van der Waals surface area contributed by atoms with Gasteiger partial charge < -0.3 is 20.7 Å². The molecule has 9 heteroatoms. The Morgan fingerprint density at radius 1 is 1.37 bits per heavy atom. The zero-order valence-electron chi connectivity index (χ0n) is 9.72. The molecule has 8 nitrogen and oxygen atoms in total. The molecule has 0 amide bonds. The average molecular weight is 286 g/mol. The van der Waals surface area contributed by atoms with Gasteiger partial charge in [0.25, 0.3) is 0 Å². The summed E-state index contributed by atoms with van der Waals surface area (Å²) in [5.41, 5.74) is 6.48. The second-order valence-corrected chi connectivity index (χ2v) is 4.60. The molecule has 0 saturated carbocycles. The highest BCUT2D eigenvalue weighted by Gasteiger charge is 2.43. The van der Waals surface area contributed by atoms with E-state index in [2.05, 4.69) is 15.0 Å². The Morgan fingerprint density at radius 3 is 2.84 bits per heavy atom. The minimum Gasteiger partial charge on any atom is -0.387 e. The van der Waals surface area contributed by atoms with Gasteiger partial charge in [-0.15, -0.1) is 11.6 Å². The molecule has 3 heterocycles. The highest BCUT2D eigenvalue weighted by molar-refractivity contribution is 6.18. The summed E-state index contributed by atoms with van der Waals surface area (Å²) in [4.78, 5) is 12.0. The number of rotatable bonds is 2. The third kappa shape index (κ3) is 1.93. The lowest BCUT2D eigenvalue weighted by Gasteiger charge is -2.16. The van der Waals surface area contributed by atoms with Crippen LogP contribution in [0.1, 0.15) is 6.23 Å². The number of nitrogen functional groups attached to an aromatic ring is 1. The van der Waals surface area contributed by atoms with E-state index in [0.717, 1.165) is 0 Å². The molecule has 1 aliphatic rings. The molecule has 2 aromatic heterocycles. The van der Waals surface area contributed by atoms with Crippen molar-refractivity contribution in [3.63, 3.8) is 0 Å². The number of hydrogen-bond acceptors (Lipinski definition) is 7. The van der Waals surface area contributed by atoms with Crippen LogP contribution in [0.4, 0.5) is 5.95 Å². The Kier molecular flexibility index (Phi) is 3.02. The number of nitrogens with zero attached hydrogens (tertiary/aromatic N) is 4. The van der Waals surface area contributed by atoms with Gasteiger partial charge in [-0.25, -0.2) is 9.97 Å². The first-order valence-electron chi connectivity index (χ1n) is 5.64. The standard InChI is InChI=1S/C10H12ClN5O3/c11-1-5-6(17)7(18)9(19-5)16-3-14-4-2-13-10(12)15-8(4)16/h2-3,5-7,9,17-18H,1H2,(H2,12,13,15)/t5-,6-,7-,9-/m1/s1. The van der Waals surface area contributed by atoms with Crippen LogP contribution in [0.3, 0.4) is 0 Å². The van der Waals surface area contributed by atoms with Crippen LogP contribution in [0.25, 0.3) is 11.2 Å². The van der Waals surface area contributed by atoms with E-state index in [1.54, 1.807) is 0 Å². The van der Waals surface area contributed by atoms with Crippen molar-refractivity contribution in [1.82, 2.24) is 19.5 Å². The Labute approximate surface area is 112 Å². The Bertz CT molecular complexity index is 606. The van der Waals surface area contributed by atoms with Crippen molar-refractivity contribution in [2.75, 3.05) is 11.6 Å². The summed E-state index contributed by atoms with van der Waals surface area (Å²) in [7, 11) is 0. The summed E-state index contributed by atoms with van der Waals surface area (Å²) >= 11 is 5.67. The van der Waals surface area contributed by atoms with E-state index in [4.69, 9.17) is 22.1 Å². The molecule has 0 radical (unpaired) electrons. The minimum absolute atomic E-state index is 0.0818. The number of hydrogen-bond donors (Lipinski definition) is 3. The summed E-state index contributed by atoms with van der Waals surface area (Å²) < 4.78 is 7.03. The Balaban J connectivity index is 2.03. The molecule has 0 aromatic carbocycles. The third-order valence-corrected chi connectivity index (χ3v) is 3.40. The zero-order chi connectivity index (χ0) is 13.6. The zero-order valence-corrected chi connectivity index (χ0v) is 10.5. The van der Waals surface area contributed by atoms with E-state index in [1.165, 1.54) is 17.1 Å². The smallest absolute Gasteiger partial charge is 0.222 e. The number of aromatic nitrogens is 4. The van der Waals surface area contributed by atoms with Crippen LogP contribution in [0.5, 0.6) is 0 Å². The van der Waals surface area contributed by atoms with E-state index in [-0.39, 0.29) is 11.8 Å². The van der Waals surface area contributed by atoms with Crippen molar-refractivity contribution >= 4 is 28.7 Å². The van der Waals surface area contributed by atoms with Gasteiger partial charge in [0.05, 0.1) is 18.4 Å². The Hall–Kier alpha value is -1.48. The molecule has 4 N–H and O–H groups in total. The number of aliphatic hydroxyl groups excluding tert-OH is 2. The van der Waals surface area contributed by atoms with Gasteiger partial charge in [0.2, 0.25) is 5.95 Å². The van der Waals surface area contributed by atoms with Crippen LogP contribution in [0, 0.1) is 0 Å². The SMILES string of the molecule is Nc1ncc2ncn([C@@H]3O[C@H](CCl)[C@@H](O)[C@H]3O)c2n1. The summed E-state index contributed by atoms with van der Waals surface area (Å²) in [6.45, 7) is 0. The van der Waals surface area contributed by atoms with E-state index in [9.17, 15) is 10.2 Å². The third-order valence-electron chi connectivity index (χ3n) is 3.10. The predicted octanol–water partition coefficient (Wildman–Crippen LogP) is -0.734. The number of anilines is 1. The average Bonchev–Trinajstić information content (AvgIpc) is 2.92. The summed E-state index contributed by atoms with van der Waals surface area (Å²) in [6.07, 6.45) is -0.686. The molecule has 102 valence electrons. The maximum atomic E-state index is 10.0. The van der Waals surface area contributed by atoms with Crippen LogP contribution >= 0.6 is 11.6 Å². The van der Waals surface area contributed by atoms with Gasteiger partial charge in [0.1, 0.15) is 23.8 Å². The molecule has 1 saturated heterocycles. The minimum atomic E-state index is -1.11. The topological polar surface area (TPSA) is 119 Å². The number of nitrogens with two attached hydrogens (primary N) is 1. The van der Waals surface area contributed by atoms with E-state index in [1.807, 2.05) is 0 Å². The number of halogens is 1. The fourth-order valence-electron chi connectivity index (χ4n) is 2.11. The predicted molar refractivity (Wildman–Crippen MR) is 66.4 cm³/mol. The number of imidazole rings is 1. The highest BCUT2D eigenvalue weighted by atomic mass is 35.5. The molecule has 0 bridgehead atoms. The summed E-state index contributed by atoms with van der Waals surface area (Å²) in [6, 6.07) is 0. The van der Waals surface area contributed by atoms with Gasteiger partial charge in [-0.3, -0.25) is 4.57 Å². The first-order chi connectivity index (χ1) is 9.11. The van der Waals surface area contributed by atoms with Crippen molar-refractivity contribution in [1.29, 1.82) is 0 Å². The van der Waals surface area contributed by atoms with Crippen LogP contribution < -0.4 is 5.73 Å². The second kappa shape index (κ2) is 4.57. The lowest BCUT2D eigenvalue weighted by molar-refractivity contribution is -0.0291. The maximum absolute atomic E-state index is 10.0. The molecule has 2 aromatic rings. The van der Waals surface area contributed by atoms with E-state index < -0.39 is 24.5 Å². The molecule has 19 heavy (non-hydrogen) atoms. The van der Waals surface area contributed by atoms with Crippen molar-refractivity contribution in [3.8, 4) is 0 Å². The number of fused-ring (bicyclic) bond motifs is 1. The van der Waals surface area contributed by atoms with Crippen LogP contribution in [-0.4, -0.2) is 53.9 Å². The quantitative estimate of drug-likeness (QED) is 0.622. The van der Waals surface area contributed by atoms with E-state index in [0.29, 0.717) is 11.2 Å². The largest absolute Gasteiger partial charge is 0.387 e. The first kappa shape index (κ1) is 12.5. The Morgan fingerprint density at radius 2 is 2.16 bits per heavy atom. The van der Waals surface area contributed by atoms with Crippen LogP contribution in [0.15, 0.2) is 12.5 Å². The van der Waals surface area contributed by atoms with E-state index >= 15 is 0 Å². The molecule has 4 atom stereocenters. The van der Waals surface area contributed by atoms with Gasteiger partial charge >= 0.3 is 0 Å². The second-order valence-electron chi connectivity index (χ2n) is 4.29. The van der Waals surface area contributed by atoms with Crippen LogP contribution in [-0.2, 0) is 4.74 Å². The molecular weight excluding hydrogens is 274 g/mol. The fraction of sp³-hybridized carbons (Fsp3) is 0.500. The molecule has 3 rings (SSSR count). The van der Waals surface area contributed by atoms with Crippen LogP contribution in [0.2, 0.25) is 0 Å². The first-order valence-corrected chi connectivity index (χ1v) is 6.18. The number of alkyl halides is 1. The molecule has 1 fully saturated rings. The molecule has 0 aliphatic carbocycles. The van der Waals surface area contributed by atoms with Gasteiger partial charge in [-0.2, -0.15) is 4.98 Å².